The fourth-order valence-corrected chi connectivity index (χ4v) is 2.45. The first-order valence-electron chi connectivity index (χ1n) is 6.36. The largest absolute Gasteiger partial charge is 0.382 e. The highest BCUT2D eigenvalue weighted by atomic mass is 32.1. The summed E-state index contributed by atoms with van der Waals surface area (Å²) in [5.74, 6) is -0.644. The number of carbonyl (C=O) groups is 2. The van der Waals surface area contributed by atoms with Gasteiger partial charge in [-0.2, -0.15) is 0 Å². The molecule has 0 aliphatic carbocycles. The summed E-state index contributed by atoms with van der Waals surface area (Å²) in [6.45, 7) is 6.25. The van der Waals surface area contributed by atoms with Gasteiger partial charge in [0, 0.05) is 18.5 Å². The van der Waals surface area contributed by atoms with Crippen molar-refractivity contribution >= 4 is 34.1 Å². The van der Waals surface area contributed by atoms with E-state index in [-0.39, 0.29) is 18.1 Å². The molecule has 2 amide bonds. The molecule has 0 fully saturated rings. The Labute approximate surface area is 122 Å². The average molecular weight is 299 g/mol. The second-order valence-corrected chi connectivity index (χ2v) is 6.14. The Kier molecular flexibility index (Phi) is 5.32. The normalized spacial score (nSPS) is 11.2. The average Bonchev–Trinajstić information content (AvgIpc) is 2.65. The molecule has 0 saturated carbocycles. The molecule has 1 aromatic heterocycles. The van der Waals surface area contributed by atoms with E-state index in [0.717, 1.165) is 13.0 Å². The first kappa shape index (κ1) is 16.2. The van der Waals surface area contributed by atoms with Crippen LogP contribution in [0.4, 0.5) is 10.9 Å². The number of rotatable bonds is 7. The monoisotopic (exact) mass is 299 g/mol. The number of hydrogen-bond acceptors (Lipinski definition) is 6. The van der Waals surface area contributed by atoms with Crippen molar-refractivity contribution in [2.75, 3.05) is 17.6 Å². The summed E-state index contributed by atoms with van der Waals surface area (Å²) in [6.07, 6.45) is 1.01. The molecule has 7 nitrogen and oxygen atoms in total. The zero-order valence-electron chi connectivity index (χ0n) is 11.9. The van der Waals surface area contributed by atoms with Gasteiger partial charge in [0.15, 0.2) is 5.13 Å². The number of carbonyl (C=O) groups excluding carboxylic acids is 2. The van der Waals surface area contributed by atoms with Crippen molar-refractivity contribution in [3.63, 3.8) is 0 Å². The Bertz CT molecular complexity index is 498. The highest BCUT2D eigenvalue weighted by Gasteiger charge is 2.26. The minimum atomic E-state index is -0.726. The standard InChI is InChI=1S/C12H21N5O2S/c1-4-5-15-11-16-9(14)8(20-11)10(19)17-12(2,3)6-7(13)18/h4-6,14H2,1-3H3,(H2,13,18)(H,15,16)(H,17,19). The lowest BCUT2D eigenvalue weighted by molar-refractivity contribution is -0.119. The first-order valence-corrected chi connectivity index (χ1v) is 7.18. The fraction of sp³-hybridized carbons (Fsp3) is 0.583. The minimum Gasteiger partial charge on any atom is -0.382 e. The zero-order chi connectivity index (χ0) is 15.3. The third-order valence-corrected chi connectivity index (χ3v) is 3.48. The van der Waals surface area contributed by atoms with E-state index in [0.29, 0.717) is 10.0 Å². The van der Waals surface area contributed by atoms with Crippen molar-refractivity contribution < 1.29 is 9.59 Å². The van der Waals surface area contributed by atoms with Gasteiger partial charge in [-0.1, -0.05) is 18.3 Å². The number of amides is 2. The predicted molar refractivity (Wildman–Crippen MR) is 80.7 cm³/mol. The topological polar surface area (TPSA) is 123 Å². The van der Waals surface area contributed by atoms with Gasteiger partial charge in [0.2, 0.25) is 5.91 Å². The Morgan fingerprint density at radius 1 is 1.40 bits per heavy atom. The third kappa shape index (κ3) is 4.69. The summed E-state index contributed by atoms with van der Waals surface area (Å²) >= 11 is 1.19. The van der Waals surface area contributed by atoms with Crippen LogP contribution in [0.15, 0.2) is 0 Å². The van der Waals surface area contributed by atoms with E-state index >= 15 is 0 Å². The van der Waals surface area contributed by atoms with Crippen LogP contribution in [0.3, 0.4) is 0 Å². The van der Waals surface area contributed by atoms with Crippen LogP contribution in [0.1, 0.15) is 43.3 Å². The van der Waals surface area contributed by atoms with E-state index in [1.54, 1.807) is 13.8 Å². The Balaban J connectivity index is 2.77. The summed E-state index contributed by atoms with van der Waals surface area (Å²) < 4.78 is 0. The molecule has 1 aromatic rings. The van der Waals surface area contributed by atoms with Crippen molar-refractivity contribution in [2.24, 2.45) is 5.73 Å². The fourth-order valence-electron chi connectivity index (χ4n) is 1.65. The Morgan fingerprint density at radius 2 is 2.05 bits per heavy atom. The molecular weight excluding hydrogens is 278 g/mol. The molecule has 0 bridgehead atoms. The number of nitrogens with one attached hydrogen (secondary N) is 2. The van der Waals surface area contributed by atoms with Crippen LogP contribution in [0.25, 0.3) is 0 Å². The quantitative estimate of drug-likeness (QED) is 0.596. The van der Waals surface area contributed by atoms with Crippen LogP contribution in [0.5, 0.6) is 0 Å². The highest BCUT2D eigenvalue weighted by molar-refractivity contribution is 7.18. The molecule has 0 atom stereocenters. The first-order chi connectivity index (χ1) is 9.25. The number of primary amides is 1. The highest BCUT2D eigenvalue weighted by Crippen LogP contribution is 2.25. The molecule has 0 aromatic carbocycles. The number of nitrogen functional groups attached to an aromatic ring is 1. The molecule has 0 aliphatic heterocycles. The number of nitrogens with two attached hydrogens (primary N) is 2. The molecule has 0 saturated heterocycles. The molecule has 0 unspecified atom stereocenters. The van der Waals surface area contributed by atoms with Crippen LogP contribution in [-0.4, -0.2) is 28.9 Å². The smallest absolute Gasteiger partial charge is 0.265 e. The maximum atomic E-state index is 12.1. The number of thiazole rings is 1. The van der Waals surface area contributed by atoms with Gasteiger partial charge in [-0.15, -0.1) is 0 Å². The lowest BCUT2D eigenvalue weighted by atomic mass is 10.0. The number of anilines is 2. The maximum absolute atomic E-state index is 12.1. The number of aromatic nitrogens is 1. The molecule has 1 rings (SSSR count). The summed E-state index contributed by atoms with van der Waals surface area (Å²) in [5, 5.41) is 6.43. The molecule has 6 N–H and O–H groups in total. The van der Waals surface area contributed by atoms with Crippen LogP contribution < -0.4 is 22.1 Å². The number of hydrogen-bond donors (Lipinski definition) is 4. The van der Waals surface area contributed by atoms with E-state index < -0.39 is 11.4 Å². The molecule has 1 heterocycles. The summed E-state index contributed by atoms with van der Waals surface area (Å²) in [4.78, 5) is 27.5. The summed E-state index contributed by atoms with van der Waals surface area (Å²) in [5.41, 5.74) is 10.2. The summed E-state index contributed by atoms with van der Waals surface area (Å²) in [6, 6.07) is 0. The Hall–Kier alpha value is -1.83. The molecular formula is C12H21N5O2S. The van der Waals surface area contributed by atoms with Crippen LogP contribution in [0, 0.1) is 0 Å². The van der Waals surface area contributed by atoms with Crippen LogP contribution in [0.2, 0.25) is 0 Å². The van der Waals surface area contributed by atoms with Gasteiger partial charge in [0.05, 0.1) is 0 Å². The van der Waals surface area contributed by atoms with Gasteiger partial charge in [0.25, 0.3) is 5.91 Å². The van der Waals surface area contributed by atoms with Gasteiger partial charge >= 0.3 is 0 Å². The van der Waals surface area contributed by atoms with Crippen molar-refractivity contribution in [3.8, 4) is 0 Å². The van der Waals surface area contributed by atoms with Gasteiger partial charge < -0.3 is 22.1 Å². The number of nitrogens with zero attached hydrogens (tertiary/aromatic N) is 1. The minimum absolute atomic E-state index is 0.0540. The maximum Gasteiger partial charge on any atom is 0.265 e. The van der Waals surface area contributed by atoms with E-state index in [9.17, 15) is 9.59 Å². The molecule has 0 radical (unpaired) electrons. The van der Waals surface area contributed by atoms with Gasteiger partial charge in [0.1, 0.15) is 10.7 Å². The van der Waals surface area contributed by atoms with Crippen molar-refractivity contribution in [2.45, 2.75) is 39.2 Å². The summed E-state index contributed by atoms with van der Waals surface area (Å²) in [7, 11) is 0. The van der Waals surface area contributed by atoms with Gasteiger partial charge in [-0.05, 0) is 20.3 Å². The third-order valence-electron chi connectivity index (χ3n) is 2.45. The molecule has 8 heteroatoms. The Morgan fingerprint density at radius 3 is 2.60 bits per heavy atom. The predicted octanol–water partition coefficient (Wildman–Crippen LogP) is 0.931. The second-order valence-electron chi connectivity index (χ2n) is 5.14. The molecule has 112 valence electrons. The van der Waals surface area contributed by atoms with Gasteiger partial charge in [-0.25, -0.2) is 4.98 Å². The van der Waals surface area contributed by atoms with E-state index in [4.69, 9.17) is 11.5 Å². The zero-order valence-corrected chi connectivity index (χ0v) is 12.8. The van der Waals surface area contributed by atoms with E-state index in [2.05, 4.69) is 15.6 Å². The van der Waals surface area contributed by atoms with Crippen LogP contribution in [-0.2, 0) is 4.79 Å². The molecule has 20 heavy (non-hydrogen) atoms. The SMILES string of the molecule is CCCNc1nc(N)c(C(=O)NC(C)(C)CC(N)=O)s1. The van der Waals surface area contributed by atoms with E-state index in [1.807, 2.05) is 6.92 Å². The van der Waals surface area contributed by atoms with Crippen molar-refractivity contribution in [1.29, 1.82) is 0 Å². The van der Waals surface area contributed by atoms with Crippen molar-refractivity contribution in [1.82, 2.24) is 10.3 Å². The van der Waals surface area contributed by atoms with E-state index in [1.165, 1.54) is 11.3 Å². The lowest BCUT2D eigenvalue weighted by Crippen LogP contribution is -2.45. The molecule has 0 aliphatic rings. The molecule has 0 spiro atoms. The second kappa shape index (κ2) is 6.56. The lowest BCUT2D eigenvalue weighted by Gasteiger charge is -2.24. The van der Waals surface area contributed by atoms with Crippen molar-refractivity contribution in [3.05, 3.63) is 4.88 Å². The van der Waals surface area contributed by atoms with Gasteiger partial charge in [-0.3, -0.25) is 9.59 Å². The van der Waals surface area contributed by atoms with Crippen LogP contribution >= 0.6 is 11.3 Å².